The lowest BCUT2D eigenvalue weighted by molar-refractivity contribution is -0.120. The molecule has 0 saturated heterocycles. The first-order valence-electron chi connectivity index (χ1n) is 4.73. The van der Waals surface area contributed by atoms with Gasteiger partial charge in [-0.05, 0) is 25.2 Å². The molecule has 0 heterocycles. The minimum absolute atomic E-state index is 0.474. The van der Waals surface area contributed by atoms with E-state index in [1.54, 1.807) is 0 Å². The molecule has 1 saturated carbocycles. The van der Waals surface area contributed by atoms with Crippen LogP contribution in [-0.4, -0.2) is 5.78 Å². The van der Waals surface area contributed by atoms with E-state index in [4.69, 9.17) is 0 Å². The lowest BCUT2D eigenvalue weighted by atomic mass is 10.0. The SMILES string of the molecule is CC(C)CCCC(=O)C1CC1. The van der Waals surface area contributed by atoms with Crippen molar-refractivity contribution in [2.24, 2.45) is 11.8 Å². The second-order valence-corrected chi connectivity index (χ2v) is 4.03. The second kappa shape index (κ2) is 3.89. The molecule has 1 fully saturated rings. The van der Waals surface area contributed by atoms with Gasteiger partial charge < -0.3 is 0 Å². The van der Waals surface area contributed by atoms with Crippen molar-refractivity contribution in [2.75, 3.05) is 0 Å². The minimum Gasteiger partial charge on any atom is -0.299 e. The second-order valence-electron chi connectivity index (χ2n) is 4.03. The zero-order valence-electron chi connectivity index (χ0n) is 7.60. The molecule has 1 heteroatoms. The summed E-state index contributed by atoms with van der Waals surface area (Å²) < 4.78 is 0. The molecule has 0 aromatic carbocycles. The number of carbonyl (C=O) groups is 1. The summed E-state index contributed by atoms with van der Waals surface area (Å²) >= 11 is 0. The number of carbonyl (C=O) groups excluding carboxylic acids is 1. The van der Waals surface area contributed by atoms with Crippen LogP contribution < -0.4 is 0 Å². The van der Waals surface area contributed by atoms with Crippen LogP contribution in [0, 0.1) is 11.8 Å². The number of Topliss-reactive ketones (excluding diaryl/α,β-unsaturated/α-hetero) is 1. The Morgan fingerprint density at radius 3 is 2.55 bits per heavy atom. The molecular weight excluding hydrogens is 136 g/mol. The van der Waals surface area contributed by atoms with Gasteiger partial charge in [0.15, 0.2) is 0 Å². The van der Waals surface area contributed by atoms with Gasteiger partial charge in [-0.2, -0.15) is 0 Å². The number of ketones is 1. The normalized spacial score (nSPS) is 17.4. The van der Waals surface area contributed by atoms with Gasteiger partial charge in [0.1, 0.15) is 5.78 Å². The Morgan fingerprint density at radius 2 is 2.09 bits per heavy atom. The van der Waals surface area contributed by atoms with Crippen molar-refractivity contribution in [1.29, 1.82) is 0 Å². The van der Waals surface area contributed by atoms with E-state index in [2.05, 4.69) is 13.8 Å². The summed E-state index contributed by atoms with van der Waals surface area (Å²) in [6.07, 6.45) is 5.48. The average molecular weight is 154 g/mol. The van der Waals surface area contributed by atoms with Crippen LogP contribution in [0.5, 0.6) is 0 Å². The van der Waals surface area contributed by atoms with Crippen molar-refractivity contribution < 1.29 is 4.79 Å². The maximum absolute atomic E-state index is 11.2. The first-order valence-corrected chi connectivity index (χ1v) is 4.73. The van der Waals surface area contributed by atoms with E-state index in [1.165, 1.54) is 19.3 Å². The lowest BCUT2D eigenvalue weighted by Crippen LogP contribution is -2.00. The highest BCUT2D eigenvalue weighted by Crippen LogP contribution is 2.31. The molecule has 0 spiro atoms. The van der Waals surface area contributed by atoms with Gasteiger partial charge in [0.2, 0.25) is 0 Å². The van der Waals surface area contributed by atoms with Crippen molar-refractivity contribution in [3.8, 4) is 0 Å². The summed E-state index contributed by atoms with van der Waals surface area (Å²) in [7, 11) is 0. The summed E-state index contributed by atoms with van der Waals surface area (Å²) in [6, 6.07) is 0. The Hall–Kier alpha value is -0.330. The number of hydrogen-bond donors (Lipinski definition) is 0. The molecule has 0 amide bonds. The highest BCUT2D eigenvalue weighted by molar-refractivity contribution is 5.82. The van der Waals surface area contributed by atoms with Crippen LogP contribution in [0.1, 0.15) is 46.0 Å². The maximum Gasteiger partial charge on any atom is 0.135 e. The number of rotatable bonds is 5. The highest BCUT2D eigenvalue weighted by Gasteiger charge is 2.28. The molecule has 0 unspecified atom stereocenters. The summed E-state index contributed by atoms with van der Waals surface area (Å²) in [5, 5.41) is 0. The topological polar surface area (TPSA) is 17.1 Å². The molecule has 1 nitrogen and oxygen atoms in total. The molecular formula is C10H18O. The van der Waals surface area contributed by atoms with Crippen LogP contribution in [0.25, 0.3) is 0 Å². The molecule has 1 rings (SSSR count). The molecule has 1 aliphatic rings. The fourth-order valence-electron chi connectivity index (χ4n) is 1.29. The Morgan fingerprint density at radius 1 is 1.45 bits per heavy atom. The molecule has 0 bridgehead atoms. The third kappa shape index (κ3) is 3.54. The molecule has 0 aliphatic heterocycles. The van der Waals surface area contributed by atoms with Crippen molar-refractivity contribution in [2.45, 2.75) is 46.0 Å². The highest BCUT2D eigenvalue weighted by atomic mass is 16.1. The van der Waals surface area contributed by atoms with Gasteiger partial charge in [-0.15, -0.1) is 0 Å². The smallest absolute Gasteiger partial charge is 0.135 e. The van der Waals surface area contributed by atoms with Gasteiger partial charge >= 0.3 is 0 Å². The van der Waals surface area contributed by atoms with Crippen LogP contribution in [0.4, 0.5) is 0 Å². The molecule has 64 valence electrons. The number of hydrogen-bond acceptors (Lipinski definition) is 1. The van der Waals surface area contributed by atoms with E-state index in [0.717, 1.165) is 18.8 Å². The van der Waals surface area contributed by atoms with Gasteiger partial charge in [0, 0.05) is 12.3 Å². The Labute approximate surface area is 69.2 Å². The van der Waals surface area contributed by atoms with Crippen molar-refractivity contribution in [3.63, 3.8) is 0 Å². The van der Waals surface area contributed by atoms with Crippen LogP contribution in [0.2, 0.25) is 0 Å². The first kappa shape index (κ1) is 8.76. The fourth-order valence-corrected chi connectivity index (χ4v) is 1.29. The van der Waals surface area contributed by atoms with Gasteiger partial charge in [-0.1, -0.05) is 20.3 Å². The maximum atomic E-state index is 11.2. The van der Waals surface area contributed by atoms with Gasteiger partial charge in [0.05, 0.1) is 0 Å². The van der Waals surface area contributed by atoms with Crippen LogP contribution in [0.3, 0.4) is 0 Å². The molecule has 1 aliphatic carbocycles. The van der Waals surface area contributed by atoms with E-state index < -0.39 is 0 Å². The van der Waals surface area contributed by atoms with E-state index >= 15 is 0 Å². The monoisotopic (exact) mass is 154 g/mol. The van der Waals surface area contributed by atoms with Crippen molar-refractivity contribution in [1.82, 2.24) is 0 Å². The predicted molar refractivity (Wildman–Crippen MR) is 46.4 cm³/mol. The lowest BCUT2D eigenvalue weighted by Gasteiger charge is -2.02. The van der Waals surface area contributed by atoms with E-state index in [9.17, 15) is 4.79 Å². The summed E-state index contributed by atoms with van der Waals surface area (Å²) in [5.74, 6) is 1.75. The Bertz CT molecular complexity index is 134. The first-order chi connectivity index (χ1) is 5.20. The van der Waals surface area contributed by atoms with Gasteiger partial charge in [0.25, 0.3) is 0 Å². The van der Waals surface area contributed by atoms with E-state index in [0.29, 0.717) is 11.7 Å². The third-order valence-corrected chi connectivity index (χ3v) is 2.24. The van der Waals surface area contributed by atoms with E-state index in [1.807, 2.05) is 0 Å². The summed E-state index contributed by atoms with van der Waals surface area (Å²) in [4.78, 5) is 11.2. The van der Waals surface area contributed by atoms with Crippen molar-refractivity contribution in [3.05, 3.63) is 0 Å². The van der Waals surface area contributed by atoms with Crippen LogP contribution >= 0.6 is 0 Å². The predicted octanol–water partition coefficient (Wildman–Crippen LogP) is 2.79. The zero-order valence-corrected chi connectivity index (χ0v) is 7.60. The van der Waals surface area contributed by atoms with Crippen molar-refractivity contribution >= 4 is 5.78 Å². The molecule has 0 aromatic rings. The largest absolute Gasteiger partial charge is 0.299 e. The zero-order chi connectivity index (χ0) is 8.27. The molecule has 0 aromatic heterocycles. The molecule has 0 atom stereocenters. The van der Waals surface area contributed by atoms with Crippen LogP contribution in [-0.2, 0) is 4.79 Å². The standard InChI is InChI=1S/C10H18O/c1-8(2)4-3-5-10(11)9-6-7-9/h8-9H,3-7H2,1-2H3. The average Bonchev–Trinajstić information content (AvgIpc) is 2.66. The summed E-state index contributed by atoms with van der Waals surface area (Å²) in [5.41, 5.74) is 0. The minimum atomic E-state index is 0.474. The van der Waals surface area contributed by atoms with E-state index in [-0.39, 0.29) is 0 Å². The Kier molecular flexibility index (Phi) is 3.10. The molecule has 0 radical (unpaired) electrons. The molecule has 11 heavy (non-hydrogen) atoms. The Balaban J connectivity index is 1.97. The van der Waals surface area contributed by atoms with Gasteiger partial charge in [-0.3, -0.25) is 4.79 Å². The quantitative estimate of drug-likeness (QED) is 0.595. The molecule has 0 N–H and O–H groups in total. The van der Waals surface area contributed by atoms with Gasteiger partial charge in [-0.25, -0.2) is 0 Å². The third-order valence-electron chi connectivity index (χ3n) is 2.24. The fraction of sp³-hybridized carbons (Fsp3) is 0.900. The van der Waals surface area contributed by atoms with Crippen LogP contribution in [0.15, 0.2) is 0 Å². The summed E-state index contributed by atoms with van der Waals surface area (Å²) in [6.45, 7) is 4.42.